The van der Waals surface area contributed by atoms with E-state index >= 15 is 0 Å². The number of sulfone groups is 1. The van der Waals surface area contributed by atoms with Gasteiger partial charge in [-0.2, -0.15) is 0 Å². The van der Waals surface area contributed by atoms with Gasteiger partial charge in [-0.1, -0.05) is 30.0 Å². The highest BCUT2D eigenvalue weighted by molar-refractivity contribution is 7.91. The Morgan fingerprint density at radius 3 is 2.21 bits per heavy atom. The topological polar surface area (TPSA) is 34.1 Å². The second-order valence-corrected chi connectivity index (χ2v) is 5.87. The molecule has 96 valence electrons. The van der Waals surface area contributed by atoms with Crippen LogP contribution in [0.3, 0.4) is 0 Å². The van der Waals surface area contributed by atoms with Crippen LogP contribution in [0.15, 0.2) is 59.5 Å². The predicted molar refractivity (Wildman–Crippen MR) is 71.8 cm³/mol. The molecule has 0 aliphatic rings. The van der Waals surface area contributed by atoms with Crippen LogP contribution >= 0.6 is 0 Å². The van der Waals surface area contributed by atoms with Crippen molar-refractivity contribution < 1.29 is 12.8 Å². The van der Waals surface area contributed by atoms with Gasteiger partial charge in [-0.25, -0.2) is 12.8 Å². The van der Waals surface area contributed by atoms with Gasteiger partial charge in [-0.05, 0) is 36.4 Å². The van der Waals surface area contributed by atoms with Gasteiger partial charge >= 0.3 is 0 Å². The van der Waals surface area contributed by atoms with Crippen molar-refractivity contribution in [1.82, 2.24) is 0 Å². The molecular formula is C15H11FO2S. The molecule has 0 saturated heterocycles. The van der Waals surface area contributed by atoms with Crippen LogP contribution in [0.5, 0.6) is 0 Å². The summed E-state index contributed by atoms with van der Waals surface area (Å²) >= 11 is 0. The van der Waals surface area contributed by atoms with Gasteiger partial charge in [0.1, 0.15) is 11.6 Å². The number of rotatable bonds is 2. The standard InChI is InChI=1S/C15H11FO2S/c16-14-10-8-13(9-11-14)5-4-12-19(17,18)15-6-2-1-3-7-15/h1-3,6-11H,12H2. The van der Waals surface area contributed by atoms with Gasteiger partial charge in [0.05, 0.1) is 4.90 Å². The van der Waals surface area contributed by atoms with Crippen LogP contribution in [-0.4, -0.2) is 14.2 Å². The van der Waals surface area contributed by atoms with Crippen LogP contribution in [0.2, 0.25) is 0 Å². The quantitative estimate of drug-likeness (QED) is 0.789. The van der Waals surface area contributed by atoms with Gasteiger partial charge in [0.15, 0.2) is 9.84 Å². The molecule has 0 fully saturated rings. The second-order valence-electron chi connectivity index (χ2n) is 3.88. The molecule has 0 bridgehead atoms. The summed E-state index contributed by atoms with van der Waals surface area (Å²) in [5.74, 6) is 4.70. The number of halogens is 1. The van der Waals surface area contributed by atoms with Crippen LogP contribution in [-0.2, 0) is 9.84 Å². The lowest BCUT2D eigenvalue weighted by molar-refractivity contribution is 0.599. The first kappa shape index (κ1) is 13.3. The van der Waals surface area contributed by atoms with Crippen LogP contribution < -0.4 is 0 Å². The molecule has 0 N–H and O–H groups in total. The third kappa shape index (κ3) is 3.67. The van der Waals surface area contributed by atoms with Gasteiger partial charge in [0.2, 0.25) is 0 Å². The summed E-state index contributed by atoms with van der Waals surface area (Å²) < 4.78 is 36.5. The van der Waals surface area contributed by atoms with Crippen molar-refractivity contribution >= 4 is 9.84 Å². The van der Waals surface area contributed by atoms with Gasteiger partial charge in [-0.3, -0.25) is 0 Å². The van der Waals surface area contributed by atoms with Gasteiger partial charge in [0.25, 0.3) is 0 Å². The third-order valence-electron chi connectivity index (χ3n) is 2.44. The lowest BCUT2D eigenvalue weighted by Crippen LogP contribution is -2.04. The Balaban J connectivity index is 2.13. The summed E-state index contributed by atoms with van der Waals surface area (Å²) in [5.41, 5.74) is 0.588. The molecule has 0 radical (unpaired) electrons. The van der Waals surface area contributed by atoms with E-state index in [4.69, 9.17) is 0 Å². The molecule has 0 unspecified atom stereocenters. The minimum Gasteiger partial charge on any atom is -0.223 e. The fourth-order valence-corrected chi connectivity index (χ4v) is 2.48. The molecule has 0 amide bonds. The molecule has 0 spiro atoms. The average molecular weight is 274 g/mol. The summed E-state index contributed by atoms with van der Waals surface area (Å²) in [6, 6.07) is 13.8. The zero-order valence-corrected chi connectivity index (χ0v) is 10.8. The summed E-state index contributed by atoms with van der Waals surface area (Å²) in [5, 5.41) is 0. The summed E-state index contributed by atoms with van der Waals surface area (Å²) in [6.45, 7) is 0. The predicted octanol–water partition coefficient (Wildman–Crippen LogP) is 2.65. The average Bonchev–Trinajstić information content (AvgIpc) is 2.42. The lowest BCUT2D eigenvalue weighted by Gasteiger charge is -1.98. The van der Waals surface area contributed by atoms with Crippen molar-refractivity contribution in [2.45, 2.75) is 4.90 Å². The first-order valence-electron chi connectivity index (χ1n) is 5.60. The van der Waals surface area contributed by atoms with E-state index in [1.165, 1.54) is 36.4 Å². The monoisotopic (exact) mass is 274 g/mol. The summed E-state index contributed by atoms with van der Waals surface area (Å²) in [7, 11) is -3.39. The Kier molecular flexibility index (Phi) is 3.98. The highest BCUT2D eigenvalue weighted by Crippen LogP contribution is 2.09. The highest BCUT2D eigenvalue weighted by Gasteiger charge is 2.11. The fraction of sp³-hybridized carbons (Fsp3) is 0.0667. The Labute approximate surface area is 111 Å². The Hall–Kier alpha value is -2.12. The molecule has 0 aliphatic carbocycles. The molecule has 2 aromatic rings. The van der Waals surface area contributed by atoms with Crippen LogP contribution in [0.1, 0.15) is 5.56 Å². The Morgan fingerprint density at radius 1 is 0.947 bits per heavy atom. The molecule has 19 heavy (non-hydrogen) atoms. The van der Waals surface area contributed by atoms with Crippen LogP contribution in [0.25, 0.3) is 0 Å². The molecule has 2 aromatic carbocycles. The number of hydrogen-bond donors (Lipinski definition) is 0. The van der Waals surface area contributed by atoms with Crippen LogP contribution in [0.4, 0.5) is 4.39 Å². The van der Waals surface area contributed by atoms with Crippen molar-refractivity contribution in [3.05, 3.63) is 66.0 Å². The zero-order chi connectivity index (χ0) is 13.7. The lowest BCUT2D eigenvalue weighted by atomic mass is 10.2. The molecule has 0 saturated carbocycles. The van der Waals surface area contributed by atoms with Gasteiger partial charge in [0, 0.05) is 5.56 Å². The van der Waals surface area contributed by atoms with Crippen molar-refractivity contribution in [1.29, 1.82) is 0 Å². The maximum atomic E-state index is 12.7. The molecule has 2 rings (SSSR count). The van der Waals surface area contributed by atoms with E-state index in [-0.39, 0.29) is 16.5 Å². The maximum Gasteiger partial charge on any atom is 0.189 e. The largest absolute Gasteiger partial charge is 0.223 e. The molecular weight excluding hydrogens is 263 g/mol. The smallest absolute Gasteiger partial charge is 0.189 e. The summed E-state index contributed by atoms with van der Waals surface area (Å²) in [6.07, 6.45) is 0. The van der Waals surface area contributed by atoms with E-state index in [1.807, 2.05) is 0 Å². The van der Waals surface area contributed by atoms with Crippen LogP contribution in [0, 0.1) is 17.7 Å². The Morgan fingerprint density at radius 2 is 1.58 bits per heavy atom. The number of benzene rings is 2. The molecule has 0 heterocycles. The summed E-state index contributed by atoms with van der Waals surface area (Å²) in [4.78, 5) is 0.253. The van der Waals surface area contributed by atoms with E-state index < -0.39 is 9.84 Å². The molecule has 0 aliphatic heterocycles. The third-order valence-corrected chi connectivity index (χ3v) is 3.96. The van der Waals surface area contributed by atoms with E-state index in [0.29, 0.717) is 5.56 Å². The maximum absolute atomic E-state index is 12.7. The fourth-order valence-electron chi connectivity index (χ4n) is 1.48. The molecule has 0 atom stereocenters. The molecule has 0 aromatic heterocycles. The first-order valence-corrected chi connectivity index (χ1v) is 7.25. The zero-order valence-electron chi connectivity index (χ0n) is 10.0. The van der Waals surface area contributed by atoms with Crippen molar-refractivity contribution in [2.24, 2.45) is 0 Å². The van der Waals surface area contributed by atoms with Crippen molar-refractivity contribution in [3.8, 4) is 11.8 Å². The minimum atomic E-state index is -3.39. The van der Waals surface area contributed by atoms with Crippen molar-refractivity contribution in [2.75, 3.05) is 5.75 Å². The van der Waals surface area contributed by atoms with Crippen molar-refractivity contribution in [3.63, 3.8) is 0 Å². The SMILES string of the molecule is O=S(=O)(CC#Cc1ccc(F)cc1)c1ccccc1. The molecule has 2 nitrogen and oxygen atoms in total. The normalized spacial score (nSPS) is 10.6. The van der Waals surface area contributed by atoms with Gasteiger partial charge in [-0.15, -0.1) is 0 Å². The van der Waals surface area contributed by atoms with E-state index in [9.17, 15) is 12.8 Å². The first-order chi connectivity index (χ1) is 9.08. The van der Waals surface area contributed by atoms with E-state index in [1.54, 1.807) is 18.2 Å². The van der Waals surface area contributed by atoms with E-state index in [0.717, 1.165) is 0 Å². The Bertz CT molecular complexity index is 708. The minimum absolute atomic E-state index is 0.253. The number of hydrogen-bond acceptors (Lipinski definition) is 2. The molecule has 4 heteroatoms. The second kappa shape index (κ2) is 5.68. The highest BCUT2D eigenvalue weighted by atomic mass is 32.2. The van der Waals surface area contributed by atoms with Gasteiger partial charge < -0.3 is 0 Å². The van der Waals surface area contributed by atoms with E-state index in [2.05, 4.69) is 11.8 Å².